The Kier molecular flexibility index (Phi) is 4.03. The molecule has 1 saturated carbocycles. The number of hydrogen-bond acceptors (Lipinski definition) is 5. The quantitative estimate of drug-likeness (QED) is 0.926. The summed E-state index contributed by atoms with van der Waals surface area (Å²) in [7, 11) is 1.66. The zero-order valence-corrected chi connectivity index (χ0v) is 12.7. The Balaban J connectivity index is 1.71. The van der Waals surface area contributed by atoms with Gasteiger partial charge in [0, 0.05) is 21.6 Å². The molecule has 0 aromatic carbocycles. The molecule has 1 saturated heterocycles. The van der Waals surface area contributed by atoms with E-state index in [1.807, 2.05) is 12.1 Å². The predicted molar refractivity (Wildman–Crippen MR) is 81.3 cm³/mol. The number of aliphatic hydroxyl groups is 1. The SMILES string of the molecule is [2H][C@@H]1CCN(c2ccc(C3(O)CCCCC3)nn2)C[C@H]1OC. The first-order valence-corrected chi connectivity index (χ1v) is 7.89. The molecule has 1 aromatic rings. The Bertz CT molecular complexity index is 491. The van der Waals surface area contributed by atoms with E-state index in [2.05, 4.69) is 15.1 Å². The molecule has 2 aliphatic rings. The van der Waals surface area contributed by atoms with E-state index in [-0.39, 0.29) is 12.5 Å². The van der Waals surface area contributed by atoms with Crippen LogP contribution >= 0.6 is 0 Å². The van der Waals surface area contributed by atoms with Gasteiger partial charge < -0.3 is 14.7 Å². The summed E-state index contributed by atoms with van der Waals surface area (Å²) in [5.74, 6) is 0.803. The molecule has 0 unspecified atom stereocenters. The molecule has 2 heterocycles. The lowest BCUT2D eigenvalue weighted by Gasteiger charge is -2.33. The van der Waals surface area contributed by atoms with Crippen LogP contribution in [0.4, 0.5) is 5.82 Å². The van der Waals surface area contributed by atoms with Crippen LogP contribution in [-0.4, -0.2) is 41.6 Å². The van der Waals surface area contributed by atoms with Crippen LogP contribution in [0.15, 0.2) is 12.1 Å². The van der Waals surface area contributed by atoms with E-state index < -0.39 is 5.60 Å². The second kappa shape index (κ2) is 6.28. The summed E-state index contributed by atoms with van der Waals surface area (Å²) in [5.41, 5.74) is -0.109. The lowest BCUT2D eigenvalue weighted by molar-refractivity contribution is -0.00540. The first-order chi connectivity index (χ1) is 10.6. The van der Waals surface area contributed by atoms with Crippen molar-refractivity contribution >= 4 is 5.82 Å². The van der Waals surface area contributed by atoms with Crippen molar-refractivity contribution in [2.45, 2.75) is 56.6 Å². The zero-order chi connectivity index (χ0) is 15.6. The van der Waals surface area contributed by atoms with Crippen molar-refractivity contribution in [2.75, 3.05) is 25.1 Å². The molecular weight excluding hydrogens is 266 g/mol. The fourth-order valence-electron chi connectivity index (χ4n) is 3.31. The predicted octanol–water partition coefficient (Wildman–Crippen LogP) is 2.24. The van der Waals surface area contributed by atoms with Crippen LogP contribution in [0.1, 0.15) is 52.0 Å². The maximum atomic E-state index is 10.7. The van der Waals surface area contributed by atoms with Gasteiger partial charge in [0.05, 0.1) is 11.8 Å². The summed E-state index contributed by atoms with van der Waals surface area (Å²) in [5, 5.41) is 19.3. The van der Waals surface area contributed by atoms with Crippen molar-refractivity contribution in [2.24, 2.45) is 0 Å². The fraction of sp³-hybridized carbons (Fsp3) is 0.750. The van der Waals surface area contributed by atoms with Gasteiger partial charge in [0.15, 0.2) is 5.82 Å². The summed E-state index contributed by atoms with van der Waals surface area (Å²) in [6, 6.07) is 3.84. The normalized spacial score (nSPS) is 30.0. The summed E-state index contributed by atoms with van der Waals surface area (Å²) in [4.78, 5) is 2.11. The molecule has 0 bridgehead atoms. The molecule has 0 amide bonds. The van der Waals surface area contributed by atoms with Gasteiger partial charge in [-0.05, 0) is 37.8 Å². The van der Waals surface area contributed by atoms with Crippen molar-refractivity contribution in [3.05, 3.63) is 17.8 Å². The number of anilines is 1. The molecule has 5 heteroatoms. The average molecular weight is 292 g/mol. The van der Waals surface area contributed by atoms with Crippen molar-refractivity contribution < 1.29 is 11.2 Å². The molecule has 1 aliphatic carbocycles. The molecule has 3 rings (SSSR count). The monoisotopic (exact) mass is 292 g/mol. The van der Waals surface area contributed by atoms with E-state index in [4.69, 9.17) is 6.11 Å². The van der Waals surface area contributed by atoms with Crippen molar-refractivity contribution in [1.82, 2.24) is 10.2 Å². The van der Waals surface area contributed by atoms with Crippen LogP contribution in [-0.2, 0) is 10.3 Å². The van der Waals surface area contributed by atoms with E-state index in [1.165, 1.54) is 6.42 Å². The highest BCUT2D eigenvalue weighted by atomic mass is 16.5. The summed E-state index contributed by atoms with van der Waals surface area (Å²) in [6.45, 7) is 1.47. The van der Waals surface area contributed by atoms with Gasteiger partial charge in [-0.25, -0.2) is 0 Å². The van der Waals surface area contributed by atoms with Gasteiger partial charge in [-0.15, -0.1) is 5.10 Å². The van der Waals surface area contributed by atoms with E-state index in [0.717, 1.165) is 44.5 Å². The Labute approximate surface area is 127 Å². The number of aromatic nitrogens is 2. The molecule has 21 heavy (non-hydrogen) atoms. The van der Waals surface area contributed by atoms with E-state index in [0.29, 0.717) is 12.2 Å². The number of piperidine rings is 1. The third-order valence-electron chi connectivity index (χ3n) is 4.66. The van der Waals surface area contributed by atoms with Gasteiger partial charge in [0.1, 0.15) is 5.60 Å². The number of hydrogen-bond donors (Lipinski definition) is 1. The van der Waals surface area contributed by atoms with E-state index >= 15 is 0 Å². The molecule has 2 atom stereocenters. The maximum Gasteiger partial charge on any atom is 0.151 e. The lowest BCUT2D eigenvalue weighted by atomic mass is 9.82. The van der Waals surface area contributed by atoms with Gasteiger partial charge in [0.2, 0.25) is 0 Å². The topological polar surface area (TPSA) is 58.5 Å². The van der Waals surface area contributed by atoms with E-state index in [1.54, 1.807) is 7.11 Å². The Morgan fingerprint density at radius 2 is 2.10 bits per heavy atom. The zero-order valence-electron chi connectivity index (χ0n) is 13.7. The molecule has 0 radical (unpaired) electrons. The van der Waals surface area contributed by atoms with Crippen LogP contribution in [0.3, 0.4) is 0 Å². The molecule has 1 aromatic heterocycles. The second-order valence-electron chi connectivity index (χ2n) is 6.11. The van der Waals surface area contributed by atoms with Gasteiger partial charge in [0.25, 0.3) is 0 Å². The maximum absolute atomic E-state index is 10.7. The Hall–Kier alpha value is -1.20. The first-order valence-electron chi connectivity index (χ1n) is 8.47. The minimum atomic E-state index is -0.799. The van der Waals surface area contributed by atoms with Crippen LogP contribution in [0.25, 0.3) is 0 Å². The smallest absolute Gasteiger partial charge is 0.151 e. The van der Waals surface area contributed by atoms with E-state index in [9.17, 15) is 5.11 Å². The molecule has 2 fully saturated rings. The van der Waals surface area contributed by atoms with Crippen LogP contribution < -0.4 is 4.90 Å². The highest BCUT2D eigenvalue weighted by Crippen LogP contribution is 2.36. The largest absolute Gasteiger partial charge is 0.383 e. The summed E-state index contributed by atoms with van der Waals surface area (Å²) < 4.78 is 13.3. The molecular formula is C16H25N3O2. The molecule has 116 valence electrons. The average Bonchev–Trinajstić information content (AvgIpc) is 2.56. The van der Waals surface area contributed by atoms with Crippen LogP contribution in [0.2, 0.25) is 0 Å². The summed E-state index contributed by atoms with van der Waals surface area (Å²) in [6.07, 6.45) is 5.35. The molecule has 0 spiro atoms. The van der Waals surface area contributed by atoms with Crippen molar-refractivity contribution in [1.29, 1.82) is 0 Å². The highest BCUT2D eigenvalue weighted by molar-refractivity contribution is 5.38. The molecule has 5 nitrogen and oxygen atoms in total. The third kappa shape index (κ3) is 3.19. The number of methoxy groups -OCH3 is 1. The third-order valence-corrected chi connectivity index (χ3v) is 4.66. The minimum Gasteiger partial charge on any atom is -0.383 e. The van der Waals surface area contributed by atoms with Gasteiger partial charge in [-0.1, -0.05) is 19.3 Å². The Morgan fingerprint density at radius 3 is 2.76 bits per heavy atom. The number of rotatable bonds is 3. The second-order valence-corrected chi connectivity index (χ2v) is 6.11. The van der Waals surface area contributed by atoms with Crippen LogP contribution in [0.5, 0.6) is 0 Å². The van der Waals surface area contributed by atoms with Gasteiger partial charge in [-0.3, -0.25) is 0 Å². The number of ether oxygens (including phenoxy) is 1. The van der Waals surface area contributed by atoms with Crippen molar-refractivity contribution in [3.8, 4) is 0 Å². The standard InChI is InChI=1S/C16H25N3O2/c1-21-13-6-5-11-19(12-13)15-8-7-14(17-18-15)16(20)9-3-2-4-10-16/h7-8,13,20H,2-6,9-12H2,1H3/t13-/m0/s1/i6D/t6-,13+/m1. The Morgan fingerprint density at radius 1 is 1.29 bits per heavy atom. The molecule has 1 N–H and O–H groups in total. The first kappa shape index (κ1) is 13.5. The van der Waals surface area contributed by atoms with Crippen LogP contribution in [0, 0.1) is 0 Å². The molecule has 1 aliphatic heterocycles. The van der Waals surface area contributed by atoms with Crippen molar-refractivity contribution in [3.63, 3.8) is 0 Å². The van der Waals surface area contributed by atoms with Gasteiger partial charge >= 0.3 is 0 Å². The van der Waals surface area contributed by atoms with Gasteiger partial charge in [-0.2, -0.15) is 5.10 Å². The minimum absolute atomic E-state index is 0.0854. The lowest BCUT2D eigenvalue weighted by Crippen LogP contribution is -2.40. The highest BCUT2D eigenvalue weighted by Gasteiger charge is 2.33. The summed E-state index contributed by atoms with van der Waals surface area (Å²) >= 11 is 0. The number of nitrogens with zero attached hydrogens (tertiary/aromatic N) is 3. The fourth-order valence-corrected chi connectivity index (χ4v) is 3.31.